The third-order valence-corrected chi connectivity index (χ3v) is 3.91. The van der Waals surface area contributed by atoms with E-state index in [2.05, 4.69) is 48.5 Å². The molecule has 0 N–H and O–H groups in total. The summed E-state index contributed by atoms with van der Waals surface area (Å²) in [4.78, 5) is 11.9. The van der Waals surface area contributed by atoms with Crippen LogP contribution in [0.1, 0.15) is 27.0 Å². The molecular weight excluding hydrogens is 296 g/mol. The number of ether oxygens (including phenoxy) is 1. The molecule has 2 heteroatoms. The summed E-state index contributed by atoms with van der Waals surface area (Å²) in [6.07, 6.45) is 1.66. The van der Waals surface area contributed by atoms with E-state index in [9.17, 15) is 4.79 Å². The number of rotatable bonds is 6. The molecular formula is C22H20O2. The van der Waals surface area contributed by atoms with Gasteiger partial charge in [0.2, 0.25) is 0 Å². The van der Waals surface area contributed by atoms with E-state index < -0.39 is 0 Å². The maximum atomic E-state index is 11.9. The van der Waals surface area contributed by atoms with Gasteiger partial charge >= 0.3 is 5.97 Å². The largest absolute Gasteiger partial charge is 0.462 e. The van der Waals surface area contributed by atoms with E-state index in [1.807, 2.05) is 24.3 Å². The van der Waals surface area contributed by atoms with Crippen molar-refractivity contribution >= 4 is 5.97 Å². The molecule has 0 atom stereocenters. The number of esters is 1. The molecule has 0 saturated heterocycles. The van der Waals surface area contributed by atoms with Crippen molar-refractivity contribution in [2.24, 2.45) is 0 Å². The van der Waals surface area contributed by atoms with Crippen LogP contribution in [-0.2, 0) is 17.6 Å². The summed E-state index contributed by atoms with van der Waals surface area (Å²) in [5.74, 6) is -0.267. The second-order valence-electron chi connectivity index (χ2n) is 5.73. The molecule has 0 saturated carbocycles. The topological polar surface area (TPSA) is 26.3 Å². The van der Waals surface area contributed by atoms with Crippen molar-refractivity contribution in [3.8, 4) is 0 Å². The van der Waals surface area contributed by atoms with Crippen molar-refractivity contribution in [1.29, 1.82) is 0 Å². The highest BCUT2D eigenvalue weighted by atomic mass is 16.5. The number of hydrogen-bond donors (Lipinski definition) is 0. The summed E-state index contributed by atoms with van der Waals surface area (Å²) in [5, 5.41) is 0. The Balaban J connectivity index is 1.49. The molecule has 2 nitrogen and oxygen atoms in total. The van der Waals surface area contributed by atoms with Crippen LogP contribution in [0.25, 0.3) is 0 Å². The van der Waals surface area contributed by atoms with Crippen molar-refractivity contribution in [2.75, 3.05) is 6.61 Å². The summed E-state index contributed by atoms with van der Waals surface area (Å²) in [6.45, 7) is 0.395. The maximum Gasteiger partial charge on any atom is 0.338 e. The zero-order valence-electron chi connectivity index (χ0n) is 13.5. The molecule has 24 heavy (non-hydrogen) atoms. The molecule has 0 bridgehead atoms. The number of hydrogen-bond acceptors (Lipinski definition) is 2. The third kappa shape index (κ3) is 4.56. The van der Waals surface area contributed by atoms with Crippen molar-refractivity contribution in [3.05, 3.63) is 107 Å². The van der Waals surface area contributed by atoms with Gasteiger partial charge in [0.15, 0.2) is 0 Å². The van der Waals surface area contributed by atoms with Gasteiger partial charge in [-0.15, -0.1) is 0 Å². The van der Waals surface area contributed by atoms with Crippen LogP contribution in [0.3, 0.4) is 0 Å². The van der Waals surface area contributed by atoms with E-state index >= 15 is 0 Å². The van der Waals surface area contributed by atoms with Crippen molar-refractivity contribution in [1.82, 2.24) is 0 Å². The monoisotopic (exact) mass is 316 g/mol. The second-order valence-corrected chi connectivity index (χ2v) is 5.73. The molecule has 0 amide bonds. The van der Waals surface area contributed by atoms with Crippen molar-refractivity contribution < 1.29 is 9.53 Å². The molecule has 120 valence electrons. The molecule has 3 rings (SSSR count). The fourth-order valence-corrected chi connectivity index (χ4v) is 2.57. The van der Waals surface area contributed by atoms with Gasteiger partial charge in [0.25, 0.3) is 0 Å². The molecule has 3 aromatic carbocycles. The zero-order chi connectivity index (χ0) is 16.6. The van der Waals surface area contributed by atoms with Gasteiger partial charge in [-0.05, 0) is 35.2 Å². The van der Waals surface area contributed by atoms with Crippen LogP contribution in [0.15, 0.2) is 84.9 Å². The fourth-order valence-electron chi connectivity index (χ4n) is 2.57. The molecule has 0 radical (unpaired) electrons. The van der Waals surface area contributed by atoms with E-state index in [0.29, 0.717) is 12.2 Å². The molecule has 0 aliphatic rings. The maximum absolute atomic E-state index is 11.9. The summed E-state index contributed by atoms with van der Waals surface area (Å²) < 4.78 is 5.32. The Kier molecular flexibility index (Phi) is 5.41. The molecule has 3 aromatic rings. The Bertz CT molecular complexity index is 762. The Hall–Kier alpha value is -2.87. The summed E-state index contributed by atoms with van der Waals surface area (Å²) >= 11 is 0. The van der Waals surface area contributed by atoms with Crippen LogP contribution in [-0.4, -0.2) is 12.6 Å². The lowest BCUT2D eigenvalue weighted by Gasteiger charge is -2.06. The van der Waals surface area contributed by atoms with E-state index in [4.69, 9.17) is 4.74 Å². The SMILES string of the molecule is O=C(OCCc1ccc(Cc2ccccc2)cc1)c1ccccc1. The first-order valence-electron chi connectivity index (χ1n) is 8.15. The summed E-state index contributed by atoms with van der Waals surface area (Å²) in [5.41, 5.74) is 4.36. The highest BCUT2D eigenvalue weighted by Gasteiger charge is 2.05. The van der Waals surface area contributed by atoms with Crippen molar-refractivity contribution in [2.45, 2.75) is 12.8 Å². The Morgan fingerprint density at radius 1 is 0.667 bits per heavy atom. The minimum Gasteiger partial charge on any atom is -0.462 e. The van der Waals surface area contributed by atoms with Crippen LogP contribution in [0, 0.1) is 0 Å². The average Bonchev–Trinajstić information content (AvgIpc) is 2.65. The van der Waals surface area contributed by atoms with Crippen LogP contribution in [0.4, 0.5) is 0 Å². The van der Waals surface area contributed by atoms with Gasteiger partial charge in [0.1, 0.15) is 0 Å². The van der Waals surface area contributed by atoms with Crippen LogP contribution >= 0.6 is 0 Å². The minimum atomic E-state index is -0.267. The van der Waals surface area contributed by atoms with Crippen LogP contribution in [0.2, 0.25) is 0 Å². The normalized spacial score (nSPS) is 10.3. The first-order chi connectivity index (χ1) is 11.8. The number of carbonyl (C=O) groups excluding carboxylic acids is 1. The smallest absolute Gasteiger partial charge is 0.338 e. The Labute approximate surface area is 142 Å². The van der Waals surface area contributed by atoms with E-state index in [-0.39, 0.29) is 5.97 Å². The quantitative estimate of drug-likeness (QED) is 0.617. The zero-order valence-corrected chi connectivity index (χ0v) is 13.5. The molecule has 0 aromatic heterocycles. The highest BCUT2D eigenvalue weighted by molar-refractivity contribution is 5.89. The number of benzene rings is 3. The first kappa shape index (κ1) is 16.0. The van der Waals surface area contributed by atoms with E-state index in [1.54, 1.807) is 12.1 Å². The first-order valence-corrected chi connectivity index (χ1v) is 8.15. The predicted octanol–water partition coefficient (Wildman–Crippen LogP) is 4.68. The van der Waals surface area contributed by atoms with Gasteiger partial charge in [-0.25, -0.2) is 4.79 Å². The van der Waals surface area contributed by atoms with E-state index in [0.717, 1.165) is 12.8 Å². The molecule has 0 fully saturated rings. The van der Waals surface area contributed by atoms with Crippen molar-refractivity contribution in [3.63, 3.8) is 0 Å². The Morgan fingerprint density at radius 2 is 1.21 bits per heavy atom. The Morgan fingerprint density at radius 3 is 1.88 bits per heavy atom. The standard InChI is InChI=1S/C22H20O2/c23-22(21-9-5-2-6-10-21)24-16-15-18-11-13-20(14-12-18)17-19-7-3-1-4-8-19/h1-14H,15-17H2. The lowest BCUT2D eigenvalue weighted by Crippen LogP contribution is -2.08. The molecule has 0 aliphatic heterocycles. The second kappa shape index (κ2) is 8.11. The number of carbonyl (C=O) groups is 1. The summed E-state index contributed by atoms with van der Waals surface area (Å²) in [6, 6.07) is 28.0. The van der Waals surface area contributed by atoms with E-state index in [1.165, 1.54) is 16.7 Å². The summed E-state index contributed by atoms with van der Waals surface area (Å²) in [7, 11) is 0. The lowest BCUT2D eigenvalue weighted by molar-refractivity contribution is 0.0509. The molecule has 0 unspecified atom stereocenters. The minimum absolute atomic E-state index is 0.267. The van der Waals surface area contributed by atoms with Gasteiger partial charge in [0, 0.05) is 6.42 Å². The highest BCUT2D eigenvalue weighted by Crippen LogP contribution is 2.11. The molecule has 0 spiro atoms. The third-order valence-electron chi connectivity index (χ3n) is 3.91. The van der Waals surface area contributed by atoms with Gasteiger partial charge in [-0.1, -0.05) is 72.8 Å². The predicted molar refractivity (Wildman–Crippen MR) is 96.1 cm³/mol. The molecule has 0 heterocycles. The molecule has 0 aliphatic carbocycles. The van der Waals surface area contributed by atoms with Crippen LogP contribution in [0.5, 0.6) is 0 Å². The average molecular weight is 316 g/mol. The van der Waals surface area contributed by atoms with Crippen LogP contribution < -0.4 is 0 Å². The fraction of sp³-hybridized carbons (Fsp3) is 0.136. The lowest BCUT2D eigenvalue weighted by atomic mass is 10.0. The van der Waals surface area contributed by atoms with Gasteiger partial charge in [0.05, 0.1) is 12.2 Å². The van der Waals surface area contributed by atoms with Gasteiger partial charge in [-0.2, -0.15) is 0 Å². The van der Waals surface area contributed by atoms with Gasteiger partial charge in [-0.3, -0.25) is 0 Å². The van der Waals surface area contributed by atoms with Gasteiger partial charge < -0.3 is 4.74 Å².